The number of nitrogens with one attached hydrogen (secondary N) is 1. The van der Waals surface area contributed by atoms with Crippen LogP contribution < -0.4 is 15.8 Å². The van der Waals surface area contributed by atoms with Gasteiger partial charge in [0.25, 0.3) is 5.56 Å². The topological polar surface area (TPSA) is 66.3 Å². The lowest BCUT2D eigenvalue weighted by Gasteiger charge is -2.34. The summed E-state index contributed by atoms with van der Waals surface area (Å²) < 4.78 is 2.81. The van der Waals surface area contributed by atoms with Crippen molar-refractivity contribution < 1.29 is 0 Å². The number of hydrogen-bond donors (Lipinski definition) is 1. The molecule has 1 N–H and O–H groups in total. The molecular formula is C27H26N6OS. The normalized spacial score (nSPS) is 14.6. The Kier molecular flexibility index (Phi) is 5.47. The molecule has 0 atom stereocenters. The van der Waals surface area contributed by atoms with Crippen LogP contribution in [0.4, 0.5) is 17.2 Å². The molecule has 0 saturated carbocycles. The molecule has 0 unspecified atom stereocenters. The van der Waals surface area contributed by atoms with Gasteiger partial charge in [-0.15, -0.1) is 11.3 Å². The fourth-order valence-corrected chi connectivity index (χ4v) is 5.29. The van der Waals surface area contributed by atoms with Crippen molar-refractivity contribution >= 4 is 49.6 Å². The van der Waals surface area contributed by atoms with Crippen LogP contribution in [-0.2, 0) is 7.05 Å². The summed E-state index contributed by atoms with van der Waals surface area (Å²) in [5.74, 6) is 0.705. The van der Waals surface area contributed by atoms with Crippen molar-refractivity contribution in [2.45, 2.75) is 0 Å². The van der Waals surface area contributed by atoms with E-state index in [2.05, 4.69) is 56.4 Å². The van der Waals surface area contributed by atoms with Gasteiger partial charge in [0.05, 0.1) is 21.2 Å². The molecule has 5 aromatic rings. The number of anilines is 3. The summed E-state index contributed by atoms with van der Waals surface area (Å²) in [4.78, 5) is 27.0. The van der Waals surface area contributed by atoms with Crippen molar-refractivity contribution in [2.75, 3.05) is 43.4 Å². The van der Waals surface area contributed by atoms with Crippen molar-refractivity contribution in [2.24, 2.45) is 7.05 Å². The first-order valence-electron chi connectivity index (χ1n) is 11.7. The van der Waals surface area contributed by atoms with Gasteiger partial charge in [-0.1, -0.05) is 6.07 Å². The van der Waals surface area contributed by atoms with Crippen LogP contribution in [0.25, 0.3) is 32.2 Å². The lowest BCUT2D eigenvalue weighted by atomic mass is 10.0. The molecule has 1 fully saturated rings. The van der Waals surface area contributed by atoms with Crippen molar-refractivity contribution in [3.63, 3.8) is 0 Å². The average molecular weight is 483 g/mol. The van der Waals surface area contributed by atoms with E-state index in [9.17, 15) is 4.79 Å². The van der Waals surface area contributed by atoms with E-state index in [-0.39, 0.29) is 5.56 Å². The molecule has 4 heterocycles. The number of aryl methyl sites for hydroxylation is 1. The molecule has 1 aliphatic heterocycles. The zero-order chi connectivity index (χ0) is 23.9. The van der Waals surface area contributed by atoms with Gasteiger partial charge in [-0.2, -0.15) is 0 Å². The average Bonchev–Trinajstić information content (AvgIpc) is 3.35. The largest absolute Gasteiger partial charge is 0.369 e. The lowest BCUT2D eigenvalue weighted by molar-refractivity contribution is 0.313. The zero-order valence-electron chi connectivity index (χ0n) is 19.7. The summed E-state index contributed by atoms with van der Waals surface area (Å²) in [7, 11) is 3.98. The van der Waals surface area contributed by atoms with Gasteiger partial charge in [-0.25, -0.2) is 9.97 Å². The highest BCUT2D eigenvalue weighted by Crippen LogP contribution is 2.27. The van der Waals surface area contributed by atoms with Gasteiger partial charge in [0.2, 0.25) is 0 Å². The van der Waals surface area contributed by atoms with Gasteiger partial charge in [0.1, 0.15) is 5.82 Å². The van der Waals surface area contributed by atoms with Crippen LogP contribution in [0.15, 0.2) is 71.1 Å². The van der Waals surface area contributed by atoms with Gasteiger partial charge in [-0.05, 0) is 55.1 Å². The smallest absolute Gasteiger partial charge is 0.258 e. The maximum atomic E-state index is 13.2. The monoisotopic (exact) mass is 482 g/mol. The van der Waals surface area contributed by atoms with E-state index in [1.54, 1.807) is 15.9 Å². The van der Waals surface area contributed by atoms with E-state index >= 15 is 0 Å². The molecule has 0 aliphatic carbocycles. The minimum absolute atomic E-state index is 0.0410. The number of hydrogen-bond acceptors (Lipinski definition) is 7. The molecule has 0 amide bonds. The lowest BCUT2D eigenvalue weighted by Crippen LogP contribution is -2.44. The number of pyridine rings is 2. The van der Waals surface area contributed by atoms with Crippen LogP contribution in [0.3, 0.4) is 0 Å². The molecule has 6 rings (SSSR count). The third-order valence-corrected chi connectivity index (χ3v) is 7.57. The molecule has 0 bridgehead atoms. The molecule has 176 valence electrons. The van der Waals surface area contributed by atoms with Crippen molar-refractivity contribution in [3.8, 4) is 11.1 Å². The number of nitrogens with zero attached hydrogens (tertiary/aromatic N) is 5. The molecule has 0 radical (unpaired) electrons. The molecule has 2 aromatic carbocycles. The third kappa shape index (κ3) is 4.15. The standard InChI is InChI=1S/C27H26N6OS/c1-31-9-11-33(12-10-31)21-6-4-20(5-7-21)30-26-15-24-19(16-28-26)13-22(27(34)32(24)2)18-3-8-25-23(14-18)29-17-35-25/h3-8,13-17H,9-12H2,1-2H3,(H,28,30). The third-order valence-electron chi connectivity index (χ3n) is 6.76. The van der Waals surface area contributed by atoms with Gasteiger partial charge < -0.3 is 19.7 Å². The van der Waals surface area contributed by atoms with Gasteiger partial charge in [0, 0.05) is 67.8 Å². The van der Waals surface area contributed by atoms with Crippen LogP contribution >= 0.6 is 11.3 Å². The predicted molar refractivity (Wildman–Crippen MR) is 145 cm³/mol. The van der Waals surface area contributed by atoms with Crippen LogP contribution in [0.5, 0.6) is 0 Å². The highest BCUT2D eigenvalue weighted by Gasteiger charge is 2.14. The van der Waals surface area contributed by atoms with E-state index in [0.717, 1.165) is 58.5 Å². The van der Waals surface area contributed by atoms with E-state index < -0.39 is 0 Å². The van der Waals surface area contributed by atoms with E-state index in [1.165, 1.54) is 5.69 Å². The summed E-state index contributed by atoms with van der Waals surface area (Å²) in [6.07, 6.45) is 1.82. The molecule has 1 aliphatic rings. The quantitative estimate of drug-likeness (QED) is 0.400. The Balaban J connectivity index is 1.27. The second kappa shape index (κ2) is 8.79. The number of aromatic nitrogens is 3. The van der Waals surface area contributed by atoms with E-state index in [0.29, 0.717) is 11.4 Å². The van der Waals surface area contributed by atoms with Crippen molar-refractivity contribution in [1.82, 2.24) is 19.4 Å². The summed E-state index contributed by atoms with van der Waals surface area (Å²) in [6, 6.07) is 18.3. The molecule has 3 aromatic heterocycles. The Hall–Kier alpha value is -3.75. The molecule has 7 nitrogen and oxygen atoms in total. The Morgan fingerprint density at radius 3 is 2.51 bits per heavy atom. The Labute approximate surface area is 207 Å². The van der Waals surface area contributed by atoms with E-state index in [4.69, 9.17) is 0 Å². The first-order chi connectivity index (χ1) is 17.0. The molecular weight excluding hydrogens is 456 g/mol. The number of fused-ring (bicyclic) bond motifs is 2. The van der Waals surface area contributed by atoms with Gasteiger partial charge in [-0.3, -0.25) is 4.79 Å². The Morgan fingerprint density at radius 1 is 0.914 bits per heavy atom. The SMILES string of the molecule is CN1CCN(c2ccc(Nc3cc4c(cn3)cc(-c3ccc5scnc5c3)c(=O)n4C)cc2)CC1. The molecule has 1 saturated heterocycles. The van der Waals surface area contributed by atoms with Gasteiger partial charge in [0.15, 0.2) is 0 Å². The number of thiazole rings is 1. The van der Waals surface area contributed by atoms with Crippen LogP contribution in [0.2, 0.25) is 0 Å². The van der Waals surface area contributed by atoms with E-state index in [1.807, 2.05) is 49.1 Å². The second-order valence-electron chi connectivity index (χ2n) is 9.05. The molecule has 35 heavy (non-hydrogen) atoms. The Morgan fingerprint density at radius 2 is 1.71 bits per heavy atom. The minimum atomic E-state index is -0.0410. The van der Waals surface area contributed by atoms with Crippen LogP contribution in [0, 0.1) is 0 Å². The predicted octanol–water partition coefficient (Wildman–Crippen LogP) is 4.71. The zero-order valence-corrected chi connectivity index (χ0v) is 20.5. The van der Waals surface area contributed by atoms with Gasteiger partial charge >= 0.3 is 0 Å². The molecule has 0 spiro atoms. The van der Waals surface area contributed by atoms with Crippen molar-refractivity contribution in [3.05, 3.63) is 76.7 Å². The Bertz CT molecular complexity index is 1580. The van der Waals surface area contributed by atoms with Crippen LogP contribution in [-0.4, -0.2) is 52.7 Å². The fraction of sp³-hybridized carbons (Fsp3) is 0.222. The maximum Gasteiger partial charge on any atom is 0.258 e. The number of rotatable bonds is 4. The van der Waals surface area contributed by atoms with Crippen LogP contribution in [0.1, 0.15) is 0 Å². The highest BCUT2D eigenvalue weighted by atomic mass is 32.1. The summed E-state index contributed by atoms with van der Waals surface area (Å²) >= 11 is 1.60. The second-order valence-corrected chi connectivity index (χ2v) is 9.93. The number of benzene rings is 2. The summed E-state index contributed by atoms with van der Waals surface area (Å²) in [5, 5.41) is 4.30. The first kappa shape index (κ1) is 21.8. The molecule has 8 heteroatoms. The number of likely N-dealkylation sites (N-methyl/N-ethyl adjacent to an activating group) is 1. The van der Waals surface area contributed by atoms with Crippen molar-refractivity contribution in [1.29, 1.82) is 0 Å². The number of piperazine rings is 1. The highest BCUT2D eigenvalue weighted by molar-refractivity contribution is 7.16. The summed E-state index contributed by atoms with van der Waals surface area (Å²) in [6.45, 7) is 4.26. The summed E-state index contributed by atoms with van der Waals surface area (Å²) in [5.41, 5.74) is 7.25. The minimum Gasteiger partial charge on any atom is -0.369 e. The first-order valence-corrected chi connectivity index (χ1v) is 12.6. The fourth-order valence-electron chi connectivity index (χ4n) is 4.63. The maximum absolute atomic E-state index is 13.2.